The fourth-order valence-electron chi connectivity index (χ4n) is 2.57. The summed E-state index contributed by atoms with van der Waals surface area (Å²) in [7, 11) is 1.87. The second-order valence-corrected chi connectivity index (χ2v) is 5.69. The van der Waals surface area contributed by atoms with Crippen LogP contribution in [0.1, 0.15) is 36.5 Å². The Kier molecular flexibility index (Phi) is 8.06. The summed E-state index contributed by atoms with van der Waals surface area (Å²) in [5, 5.41) is 3.27. The number of ketones is 1. The molecule has 23 heavy (non-hydrogen) atoms. The van der Waals surface area contributed by atoms with E-state index in [2.05, 4.69) is 5.32 Å². The molecule has 0 bridgehead atoms. The second-order valence-electron chi connectivity index (χ2n) is 5.69. The number of amides is 1. The fraction of sp³-hybridized carbons (Fsp3) is 0.529. The lowest BCUT2D eigenvalue weighted by molar-refractivity contribution is -0.131. The molecule has 5 nitrogen and oxygen atoms in total. The molecule has 1 saturated heterocycles. The SMILES string of the molecule is CC(=O)c1cccc(OCCCC(=O)N(C)C2CCNC2)c1.Cl. The van der Waals surface area contributed by atoms with Gasteiger partial charge >= 0.3 is 0 Å². The molecule has 2 rings (SSSR count). The number of benzene rings is 1. The number of hydrogen-bond acceptors (Lipinski definition) is 4. The van der Waals surface area contributed by atoms with Crippen LogP contribution in [0, 0.1) is 0 Å². The minimum Gasteiger partial charge on any atom is -0.494 e. The van der Waals surface area contributed by atoms with Gasteiger partial charge in [0.05, 0.1) is 6.61 Å². The van der Waals surface area contributed by atoms with Crippen molar-refractivity contribution < 1.29 is 14.3 Å². The molecule has 1 unspecified atom stereocenters. The van der Waals surface area contributed by atoms with E-state index >= 15 is 0 Å². The van der Waals surface area contributed by atoms with Gasteiger partial charge in [0.25, 0.3) is 0 Å². The minimum absolute atomic E-state index is 0. The van der Waals surface area contributed by atoms with Crippen LogP contribution in [0.3, 0.4) is 0 Å². The van der Waals surface area contributed by atoms with Gasteiger partial charge in [-0.05, 0) is 38.4 Å². The quantitative estimate of drug-likeness (QED) is 0.611. The number of rotatable bonds is 7. The van der Waals surface area contributed by atoms with E-state index in [0.29, 0.717) is 36.8 Å². The van der Waals surface area contributed by atoms with Crippen LogP contribution < -0.4 is 10.1 Å². The highest BCUT2D eigenvalue weighted by Crippen LogP contribution is 2.14. The summed E-state index contributed by atoms with van der Waals surface area (Å²) in [5.41, 5.74) is 0.641. The molecule has 128 valence electrons. The first-order valence-electron chi connectivity index (χ1n) is 7.78. The maximum absolute atomic E-state index is 12.1. The third-order valence-electron chi connectivity index (χ3n) is 4.02. The van der Waals surface area contributed by atoms with Crippen molar-refractivity contribution in [3.8, 4) is 5.75 Å². The number of hydrogen-bond donors (Lipinski definition) is 1. The van der Waals surface area contributed by atoms with Crippen LogP contribution in [0.2, 0.25) is 0 Å². The van der Waals surface area contributed by atoms with Crippen LogP contribution in [0.25, 0.3) is 0 Å². The first-order chi connectivity index (χ1) is 10.6. The fourth-order valence-corrected chi connectivity index (χ4v) is 2.57. The summed E-state index contributed by atoms with van der Waals surface area (Å²) in [6.45, 7) is 3.88. The summed E-state index contributed by atoms with van der Waals surface area (Å²) < 4.78 is 5.62. The molecule has 1 aromatic rings. The number of nitrogens with zero attached hydrogens (tertiary/aromatic N) is 1. The highest BCUT2D eigenvalue weighted by molar-refractivity contribution is 5.94. The number of Topliss-reactive ketones (excluding diaryl/α,β-unsaturated/α-hetero) is 1. The molecule has 0 radical (unpaired) electrons. The van der Waals surface area contributed by atoms with Gasteiger partial charge in [0.1, 0.15) is 5.75 Å². The third kappa shape index (κ3) is 5.84. The van der Waals surface area contributed by atoms with E-state index in [0.717, 1.165) is 19.5 Å². The number of likely N-dealkylation sites (N-methyl/N-ethyl adjacent to an activating group) is 1. The molecular formula is C17H25ClN2O3. The lowest BCUT2D eigenvalue weighted by atomic mass is 10.1. The van der Waals surface area contributed by atoms with Gasteiger partial charge in [0.15, 0.2) is 5.78 Å². The number of nitrogens with one attached hydrogen (secondary N) is 1. The third-order valence-corrected chi connectivity index (χ3v) is 4.02. The van der Waals surface area contributed by atoms with Gasteiger partial charge in [-0.1, -0.05) is 12.1 Å². The van der Waals surface area contributed by atoms with E-state index in [4.69, 9.17) is 4.74 Å². The lowest BCUT2D eigenvalue weighted by Gasteiger charge is -2.23. The van der Waals surface area contributed by atoms with Gasteiger partial charge in [-0.15, -0.1) is 12.4 Å². The van der Waals surface area contributed by atoms with Gasteiger partial charge in [0.2, 0.25) is 5.91 Å². The van der Waals surface area contributed by atoms with E-state index in [1.54, 1.807) is 18.2 Å². The average molecular weight is 341 g/mol. The maximum Gasteiger partial charge on any atom is 0.222 e. The topological polar surface area (TPSA) is 58.6 Å². The van der Waals surface area contributed by atoms with Gasteiger partial charge in [-0.2, -0.15) is 0 Å². The van der Waals surface area contributed by atoms with Gasteiger partial charge in [-0.25, -0.2) is 0 Å². The zero-order valence-corrected chi connectivity index (χ0v) is 14.5. The summed E-state index contributed by atoms with van der Waals surface area (Å²) >= 11 is 0. The Morgan fingerprint density at radius 2 is 2.17 bits per heavy atom. The normalized spacial score (nSPS) is 16.5. The zero-order valence-electron chi connectivity index (χ0n) is 13.7. The van der Waals surface area contributed by atoms with E-state index in [1.807, 2.05) is 18.0 Å². The van der Waals surface area contributed by atoms with Crippen molar-refractivity contribution in [3.63, 3.8) is 0 Å². The average Bonchev–Trinajstić information content (AvgIpc) is 3.05. The summed E-state index contributed by atoms with van der Waals surface area (Å²) in [6, 6.07) is 7.45. The Morgan fingerprint density at radius 3 is 2.83 bits per heavy atom. The molecule has 1 aliphatic rings. The van der Waals surface area contributed by atoms with Gasteiger partial charge in [0, 0.05) is 31.6 Å². The van der Waals surface area contributed by atoms with Crippen molar-refractivity contribution in [2.75, 3.05) is 26.7 Å². The highest BCUT2D eigenvalue weighted by Gasteiger charge is 2.22. The molecular weight excluding hydrogens is 316 g/mol. The van der Waals surface area contributed by atoms with Crippen LogP contribution in [0.4, 0.5) is 0 Å². The lowest BCUT2D eigenvalue weighted by Crippen LogP contribution is -2.38. The largest absolute Gasteiger partial charge is 0.494 e. The van der Waals surface area contributed by atoms with Gasteiger partial charge < -0.3 is 15.0 Å². The Labute approximate surface area is 143 Å². The Morgan fingerprint density at radius 1 is 1.39 bits per heavy atom. The molecule has 6 heteroatoms. The molecule has 0 aliphatic carbocycles. The van der Waals surface area contributed by atoms with E-state index in [1.165, 1.54) is 6.92 Å². The van der Waals surface area contributed by atoms with Crippen molar-refractivity contribution in [2.24, 2.45) is 0 Å². The number of ether oxygens (including phenoxy) is 1. The first kappa shape index (κ1) is 19.5. The van der Waals surface area contributed by atoms with Crippen LogP contribution in [-0.2, 0) is 4.79 Å². The molecule has 0 aromatic heterocycles. The van der Waals surface area contributed by atoms with Crippen molar-refractivity contribution in [3.05, 3.63) is 29.8 Å². The maximum atomic E-state index is 12.1. The zero-order chi connectivity index (χ0) is 15.9. The molecule has 1 aliphatic heterocycles. The Bertz CT molecular complexity index is 530. The number of carbonyl (C=O) groups is 2. The second kappa shape index (κ2) is 9.53. The van der Waals surface area contributed by atoms with Crippen LogP contribution in [0.15, 0.2) is 24.3 Å². The van der Waals surface area contributed by atoms with Crippen LogP contribution in [0.5, 0.6) is 5.75 Å². The van der Waals surface area contributed by atoms with E-state index < -0.39 is 0 Å². The highest BCUT2D eigenvalue weighted by atomic mass is 35.5. The summed E-state index contributed by atoms with van der Waals surface area (Å²) in [5.74, 6) is 0.857. The molecule has 0 saturated carbocycles. The number of carbonyl (C=O) groups excluding carboxylic acids is 2. The van der Waals surface area contributed by atoms with E-state index in [9.17, 15) is 9.59 Å². The number of halogens is 1. The van der Waals surface area contributed by atoms with Crippen molar-refractivity contribution in [1.29, 1.82) is 0 Å². The van der Waals surface area contributed by atoms with Gasteiger partial charge in [-0.3, -0.25) is 9.59 Å². The standard InChI is InChI=1S/C17H24N2O3.ClH/c1-13(20)14-5-3-6-16(11-14)22-10-4-7-17(21)19(2)15-8-9-18-12-15;/h3,5-6,11,15,18H,4,7-10,12H2,1-2H3;1H. The molecule has 0 spiro atoms. The van der Waals surface area contributed by atoms with Crippen LogP contribution >= 0.6 is 12.4 Å². The predicted molar refractivity (Wildman–Crippen MR) is 92.5 cm³/mol. The van der Waals surface area contributed by atoms with Crippen molar-refractivity contribution in [1.82, 2.24) is 10.2 Å². The molecule has 1 N–H and O–H groups in total. The monoisotopic (exact) mass is 340 g/mol. The molecule has 1 fully saturated rings. The molecule has 1 heterocycles. The molecule has 1 aromatic carbocycles. The van der Waals surface area contributed by atoms with Crippen molar-refractivity contribution in [2.45, 2.75) is 32.2 Å². The smallest absolute Gasteiger partial charge is 0.222 e. The Hall–Kier alpha value is -1.59. The van der Waals surface area contributed by atoms with Crippen molar-refractivity contribution >= 4 is 24.1 Å². The molecule has 1 amide bonds. The summed E-state index contributed by atoms with van der Waals surface area (Å²) in [4.78, 5) is 25.2. The molecule has 1 atom stereocenters. The Balaban J connectivity index is 0.00000264. The van der Waals surface area contributed by atoms with E-state index in [-0.39, 0.29) is 24.1 Å². The first-order valence-corrected chi connectivity index (χ1v) is 7.78. The predicted octanol–water partition coefficient (Wildman–Crippen LogP) is 2.29. The minimum atomic E-state index is 0. The summed E-state index contributed by atoms with van der Waals surface area (Å²) in [6.07, 6.45) is 2.18. The van der Waals surface area contributed by atoms with Crippen LogP contribution in [-0.4, -0.2) is 49.4 Å².